The lowest BCUT2D eigenvalue weighted by molar-refractivity contribution is -0.384. The summed E-state index contributed by atoms with van der Waals surface area (Å²) in [6.07, 6.45) is 0.266. The number of methoxy groups -OCH3 is 2. The maximum absolute atomic E-state index is 12.9. The smallest absolute Gasteiger partial charge is 0.416 e. The van der Waals surface area contributed by atoms with Crippen molar-refractivity contribution in [1.29, 1.82) is 0 Å². The van der Waals surface area contributed by atoms with Crippen molar-refractivity contribution in [2.24, 2.45) is 0 Å². The molecule has 1 heterocycles. The largest absolute Gasteiger partial charge is 0.465 e. The number of halogens is 3. The molecule has 1 aromatic rings. The highest BCUT2D eigenvalue weighted by atomic mass is 19.4. The third-order valence-electron chi connectivity index (χ3n) is 3.65. The first-order valence-corrected chi connectivity index (χ1v) is 7.52. The second kappa shape index (κ2) is 7.94. The van der Waals surface area contributed by atoms with Gasteiger partial charge in [0.05, 0.1) is 30.3 Å². The molecule has 0 saturated carbocycles. The minimum atomic E-state index is -4.81. The van der Waals surface area contributed by atoms with Crippen molar-refractivity contribution in [2.75, 3.05) is 19.1 Å². The summed E-state index contributed by atoms with van der Waals surface area (Å²) in [7, 11) is 2.07. The van der Waals surface area contributed by atoms with E-state index in [0.29, 0.717) is 12.1 Å². The quantitative estimate of drug-likeness (QED) is 0.437. The molecule has 0 saturated heterocycles. The summed E-state index contributed by atoms with van der Waals surface area (Å²) in [5.74, 6) is -1.99. The predicted molar refractivity (Wildman–Crippen MR) is 89.9 cm³/mol. The molecule has 0 amide bonds. The number of rotatable bonds is 4. The molecule has 0 fully saturated rings. The highest BCUT2D eigenvalue weighted by molar-refractivity contribution is 6.05. The lowest BCUT2D eigenvalue weighted by Crippen LogP contribution is -2.27. The lowest BCUT2D eigenvalue weighted by atomic mass is 10.1. The van der Waals surface area contributed by atoms with Crippen LogP contribution in [0.15, 0.2) is 53.9 Å². The summed E-state index contributed by atoms with van der Waals surface area (Å²) in [5.41, 5.74) is -3.29. The molecule has 0 unspecified atom stereocenters. The van der Waals surface area contributed by atoms with Gasteiger partial charge in [-0.05, 0) is 24.3 Å². The van der Waals surface area contributed by atoms with Crippen molar-refractivity contribution in [2.45, 2.75) is 6.18 Å². The van der Waals surface area contributed by atoms with Crippen molar-refractivity contribution < 1.29 is 37.2 Å². The highest BCUT2D eigenvalue weighted by Crippen LogP contribution is 2.38. The maximum atomic E-state index is 12.9. The van der Waals surface area contributed by atoms with Crippen molar-refractivity contribution in [1.82, 2.24) is 0 Å². The Hall–Kier alpha value is -3.63. The number of carbonyl (C=O) groups excluding carboxylic acids is 2. The van der Waals surface area contributed by atoms with E-state index >= 15 is 0 Å². The van der Waals surface area contributed by atoms with Gasteiger partial charge in [-0.2, -0.15) is 13.2 Å². The van der Waals surface area contributed by atoms with Crippen molar-refractivity contribution in [3.8, 4) is 0 Å². The van der Waals surface area contributed by atoms with Gasteiger partial charge in [-0.15, -0.1) is 0 Å². The normalized spacial score (nSPS) is 14.0. The number of esters is 2. The first-order chi connectivity index (χ1) is 13.1. The molecular formula is C17H13F3N2O6. The molecule has 0 bridgehead atoms. The second-order valence-electron chi connectivity index (χ2n) is 5.27. The third-order valence-corrected chi connectivity index (χ3v) is 3.65. The zero-order chi connectivity index (χ0) is 21.1. The standard InChI is InChI=1S/C17H13F3N2O6/c1-27-15(23)11-5-3-4-8-21(14(11)16(24)28-2)12-7-6-10(17(18,19)20)9-13(12)22(25)26/h3-9H,1-2H3. The van der Waals surface area contributed by atoms with Gasteiger partial charge >= 0.3 is 18.1 Å². The second-order valence-corrected chi connectivity index (χ2v) is 5.27. The van der Waals surface area contributed by atoms with E-state index in [0.717, 1.165) is 25.2 Å². The Morgan fingerprint density at radius 1 is 1.11 bits per heavy atom. The molecule has 8 nitrogen and oxygen atoms in total. The first kappa shape index (κ1) is 20.7. The fourth-order valence-corrected chi connectivity index (χ4v) is 2.40. The SMILES string of the molecule is COC(=O)C1=C(C(=O)OC)N(c2ccc(C(F)(F)F)cc2[N+](=O)[O-])C=CC=C1. The van der Waals surface area contributed by atoms with Gasteiger partial charge in [0.1, 0.15) is 11.4 Å². The molecule has 0 aromatic heterocycles. The van der Waals surface area contributed by atoms with E-state index in [9.17, 15) is 32.9 Å². The molecule has 1 aliphatic heterocycles. The molecule has 0 atom stereocenters. The van der Waals surface area contributed by atoms with Crippen molar-refractivity contribution in [3.05, 3.63) is 69.6 Å². The van der Waals surface area contributed by atoms with E-state index < -0.39 is 40.0 Å². The fraction of sp³-hybridized carbons (Fsp3) is 0.176. The summed E-state index contributed by atoms with van der Waals surface area (Å²) >= 11 is 0. The molecule has 0 spiro atoms. The van der Waals surface area contributed by atoms with Gasteiger partial charge in [0.2, 0.25) is 0 Å². The van der Waals surface area contributed by atoms with Gasteiger partial charge in [-0.1, -0.05) is 6.08 Å². The monoisotopic (exact) mass is 398 g/mol. The zero-order valence-corrected chi connectivity index (χ0v) is 14.5. The number of hydrogen-bond acceptors (Lipinski definition) is 7. The van der Waals surface area contributed by atoms with Crippen LogP contribution in [0.25, 0.3) is 0 Å². The molecular weight excluding hydrogens is 385 g/mol. The Morgan fingerprint density at radius 2 is 1.75 bits per heavy atom. The summed E-state index contributed by atoms with van der Waals surface area (Å²) in [6.45, 7) is 0. The molecule has 0 radical (unpaired) electrons. The number of anilines is 1. The average Bonchev–Trinajstić information content (AvgIpc) is 2.88. The van der Waals surface area contributed by atoms with Crippen molar-refractivity contribution in [3.63, 3.8) is 0 Å². The Bertz CT molecular complexity index is 918. The highest BCUT2D eigenvalue weighted by Gasteiger charge is 2.36. The lowest BCUT2D eigenvalue weighted by Gasteiger charge is -2.23. The number of nitrogens with zero attached hydrogens (tertiary/aromatic N) is 2. The van der Waals surface area contributed by atoms with E-state index in [2.05, 4.69) is 9.47 Å². The van der Waals surface area contributed by atoms with Crippen LogP contribution >= 0.6 is 0 Å². The summed E-state index contributed by atoms with van der Waals surface area (Å²) < 4.78 is 48.1. The van der Waals surface area contributed by atoms with Crippen LogP contribution < -0.4 is 4.90 Å². The van der Waals surface area contributed by atoms with Gasteiger partial charge < -0.3 is 14.4 Å². The van der Waals surface area contributed by atoms with Crippen LogP contribution in [0.4, 0.5) is 24.5 Å². The maximum Gasteiger partial charge on any atom is 0.416 e. The molecule has 11 heteroatoms. The van der Waals surface area contributed by atoms with E-state index in [1.807, 2.05) is 0 Å². The predicted octanol–water partition coefficient (Wildman–Crippen LogP) is 3.10. The summed E-state index contributed by atoms with van der Waals surface area (Å²) in [4.78, 5) is 35.6. The number of allylic oxidation sites excluding steroid dienone is 2. The van der Waals surface area contributed by atoms with E-state index in [1.54, 1.807) is 0 Å². The van der Waals surface area contributed by atoms with Gasteiger partial charge in [0.15, 0.2) is 0 Å². The van der Waals surface area contributed by atoms with Crippen LogP contribution in [-0.4, -0.2) is 31.1 Å². The van der Waals surface area contributed by atoms with Crippen molar-refractivity contribution >= 4 is 23.3 Å². The average molecular weight is 398 g/mol. The van der Waals surface area contributed by atoms with Crippen LogP contribution in [0, 0.1) is 10.1 Å². The fourth-order valence-electron chi connectivity index (χ4n) is 2.40. The Kier molecular flexibility index (Phi) is 5.87. The first-order valence-electron chi connectivity index (χ1n) is 7.52. The van der Waals surface area contributed by atoms with Gasteiger partial charge in [0, 0.05) is 12.3 Å². The molecule has 2 rings (SSSR count). The van der Waals surface area contributed by atoms with Crippen LogP contribution in [-0.2, 0) is 25.2 Å². The van der Waals surface area contributed by atoms with Crippen LogP contribution in [0.1, 0.15) is 5.56 Å². The molecule has 1 aliphatic rings. The number of hydrogen-bond donors (Lipinski definition) is 0. The number of carbonyl (C=O) groups is 2. The van der Waals surface area contributed by atoms with Crippen LogP contribution in [0.3, 0.4) is 0 Å². The minimum Gasteiger partial charge on any atom is -0.465 e. The molecule has 148 valence electrons. The topological polar surface area (TPSA) is 99.0 Å². The van der Waals surface area contributed by atoms with Gasteiger partial charge in [0.25, 0.3) is 5.69 Å². The summed E-state index contributed by atoms with van der Waals surface area (Å²) in [6, 6.07) is 1.80. The number of alkyl halides is 3. The third kappa shape index (κ3) is 4.03. The Morgan fingerprint density at radius 3 is 2.29 bits per heavy atom. The molecule has 0 aliphatic carbocycles. The number of benzene rings is 1. The van der Waals surface area contributed by atoms with Gasteiger partial charge in [-0.25, -0.2) is 9.59 Å². The van der Waals surface area contributed by atoms with Gasteiger partial charge in [-0.3, -0.25) is 10.1 Å². The van der Waals surface area contributed by atoms with E-state index in [-0.39, 0.29) is 11.3 Å². The molecule has 28 heavy (non-hydrogen) atoms. The van der Waals surface area contributed by atoms with E-state index in [1.165, 1.54) is 24.4 Å². The number of nitro groups is 1. The zero-order valence-electron chi connectivity index (χ0n) is 14.5. The van der Waals surface area contributed by atoms with E-state index in [4.69, 9.17) is 0 Å². The Balaban J connectivity index is 2.78. The van der Waals surface area contributed by atoms with Crippen LogP contribution in [0.5, 0.6) is 0 Å². The van der Waals surface area contributed by atoms with Crippen LogP contribution in [0.2, 0.25) is 0 Å². The number of nitro benzene ring substituents is 1. The minimum absolute atomic E-state index is 0.298. The molecule has 0 N–H and O–H groups in total. The Labute approximate surface area is 156 Å². The summed E-state index contributed by atoms with van der Waals surface area (Å²) in [5, 5.41) is 11.4. The number of ether oxygens (including phenoxy) is 2. The molecule has 1 aromatic carbocycles.